The number of oxime groups is 1. The first kappa shape index (κ1) is 14.9. The van der Waals surface area contributed by atoms with Crippen LogP contribution in [0.25, 0.3) is 0 Å². The monoisotopic (exact) mass is 325 g/mol. The second-order valence-corrected chi connectivity index (χ2v) is 5.92. The number of rotatable bonds is 4. The maximum Gasteiger partial charge on any atom is 0.161 e. The molecule has 1 aliphatic heterocycles. The molecule has 5 nitrogen and oxygen atoms in total. The van der Waals surface area contributed by atoms with Gasteiger partial charge >= 0.3 is 0 Å². The summed E-state index contributed by atoms with van der Waals surface area (Å²) in [6.45, 7) is 0. The molecule has 0 bridgehead atoms. The summed E-state index contributed by atoms with van der Waals surface area (Å²) in [6, 6.07) is 12.0. The van der Waals surface area contributed by atoms with Gasteiger partial charge in [-0.25, -0.2) is 0 Å². The molecule has 0 saturated heterocycles. The Kier molecular flexibility index (Phi) is 3.56. The van der Waals surface area contributed by atoms with E-state index in [0.717, 1.165) is 17.7 Å². The SMILES string of the molecule is COc1cc(OC)c(C2=NOC3c4ccccc4CC23)c(OC)c1. The fraction of sp³-hybridized carbons (Fsp3) is 0.316. The molecule has 0 amide bonds. The highest BCUT2D eigenvalue weighted by atomic mass is 16.6. The van der Waals surface area contributed by atoms with E-state index in [4.69, 9.17) is 19.0 Å². The molecular weight excluding hydrogens is 306 g/mol. The summed E-state index contributed by atoms with van der Waals surface area (Å²) in [5.41, 5.74) is 4.23. The fourth-order valence-electron chi connectivity index (χ4n) is 3.60. The van der Waals surface area contributed by atoms with E-state index in [-0.39, 0.29) is 12.0 Å². The lowest BCUT2D eigenvalue weighted by molar-refractivity contribution is 0.0697. The van der Waals surface area contributed by atoms with Crippen molar-refractivity contribution < 1.29 is 19.0 Å². The van der Waals surface area contributed by atoms with Gasteiger partial charge in [0.05, 0.1) is 32.8 Å². The first-order chi connectivity index (χ1) is 11.8. The van der Waals surface area contributed by atoms with Crippen molar-refractivity contribution in [3.05, 3.63) is 53.1 Å². The van der Waals surface area contributed by atoms with Gasteiger partial charge in [0.15, 0.2) is 6.10 Å². The fourth-order valence-corrected chi connectivity index (χ4v) is 3.60. The summed E-state index contributed by atoms with van der Waals surface area (Å²) in [6.07, 6.45) is 0.866. The molecule has 1 heterocycles. The second-order valence-electron chi connectivity index (χ2n) is 5.92. The van der Waals surface area contributed by atoms with Gasteiger partial charge in [-0.05, 0) is 17.5 Å². The summed E-state index contributed by atoms with van der Waals surface area (Å²) >= 11 is 0. The molecule has 1 aliphatic carbocycles. The number of fused-ring (bicyclic) bond motifs is 3. The van der Waals surface area contributed by atoms with Crippen LogP contribution < -0.4 is 14.2 Å². The van der Waals surface area contributed by atoms with Crippen molar-refractivity contribution >= 4 is 5.71 Å². The maximum absolute atomic E-state index is 5.77. The number of ether oxygens (including phenoxy) is 3. The van der Waals surface area contributed by atoms with E-state index in [2.05, 4.69) is 23.4 Å². The average molecular weight is 325 g/mol. The summed E-state index contributed by atoms with van der Waals surface area (Å²) in [7, 11) is 4.89. The minimum atomic E-state index is -0.0345. The molecule has 2 aliphatic rings. The van der Waals surface area contributed by atoms with E-state index in [1.54, 1.807) is 21.3 Å². The number of hydrogen-bond acceptors (Lipinski definition) is 5. The molecule has 0 saturated carbocycles. The van der Waals surface area contributed by atoms with Crippen molar-refractivity contribution in [3.63, 3.8) is 0 Å². The standard InChI is InChI=1S/C19H19NO4/c1-21-12-9-15(22-2)17(16(10-12)23-3)18-14-8-11-6-4-5-7-13(11)19(14)24-20-18/h4-7,9-10,14,19H,8H2,1-3H3. The van der Waals surface area contributed by atoms with Crippen LogP contribution in [0.4, 0.5) is 0 Å². The highest BCUT2D eigenvalue weighted by Gasteiger charge is 2.44. The maximum atomic E-state index is 5.77. The lowest BCUT2D eigenvalue weighted by atomic mass is 9.91. The lowest BCUT2D eigenvalue weighted by Gasteiger charge is -2.17. The van der Waals surface area contributed by atoms with Crippen LogP contribution in [-0.2, 0) is 11.3 Å². The predicted octanol–water partition coefficient (Wildman–Crippen LogP) is 3.36. The van der Waals surface area contributed by atoms with E-state index in [9.17, 15) is 0 Å². The minimum Gasteiger partial charge on any atom is -0.496 e. The van der Waals surface area contributed by atoms with E-state index in [0.29, 0.717) is 17.2 Å². The molecule has 0 spiro atoms. The van der Waals surface area contributed by atoms with Gasteiger partial charge < -0.3 is 19.0 Å². The topological polar surface area (TPSA) is 49.3 Å². The molecule has 0 aromatic heterocycles. The Balaban J connectivity index is 1.78. The van der Waals surface area contributed by atoms with Crippen LogP contribution in [0, 0.1) is 5.92 Å². The van der Waals surface area contributed by atoms with Gasteiger partial charge in [-0.1, -0.05) is 29.4 Å². The van der Waals surface area contributed by atoms with Crippen molar-refractivity contribution in [1.29, 1.82) is 0 Å². The van der Waals surface area contributed by atoms with Crippen LogP contribution in [0.2, 0.25) is 0 Å². The van der Waals surface area contributed by atoms with Crippen LogP contribution in [0.3, 0.4) is 0 Å². The third-order valence-electron chi connectivity index (χ3n) is 4.75. The molecule has 124 valence electrons. The predicted molar refractivity (Wildman–Crippen MR) is 90.1 cm³/mol. The molecule has 2 aromatic rings. The zero-order valence-corrected chi connectivity index (χ0v) is 13.9. The normalized spacial score (nSPS) is 20.7. The Labute approximate surface area is 140 Å². The number of methoxy groups -OCH3 is 3. The summed E-state index contributed by atoms with van der Waals surface area (Å²) in [5.74, 6) is 2.19. The third-order valence-corrected chi connectivity index (χ3v) is 4.75. The summed E-state index contributed by atoms with van der Waals surface area (Å²) < 4.78 is 16.5. The highest BCUT2D eigenvalue weighted by molar-refractivity contribution is 6.08. The van der Waals surface area contributed by atoms with Crippen LogP contribution in [0.1, 0.15) is 22.8 Å². The Morgan fingerprint density at radius 1 is 1.00 bits per heavy atom. The zero-order chi connectivity index (χ0) is 16.7. The molecule has 5 heteroatoms. The molecule has 0 radical (unpaired) electrons. The molecule has 4 rings (SSSR count). The Hall–Kier alpha value is -2.69. The molecular formula is C19H19NO4. The van der Waals surface area contributed by atoms with Gasteiger partial charge in [0.25, 0.3) is 0 Å². The van der Waals surface area contributed by atoms with Crippen molar-refractivity contribution in [2.24, 2.45) is 11.1 Å². The quantitative estimate of drug-likeness (QED) is 0.865. The highest BCUT2D eigenvalue weighted by Crippen LogP contribution is 2.47. The first-order valence-corrected chi connectivity index (χ1v) is 7.88. The molecule has 2 atom stereocenters. The van der Waals surface area contributed by atoms with Gasteiger partial charge in [-0.3, -0.25) is 0 Å². The Bertz CT molecular complexity index is 790. The van der Waals surface area contributed by atoms with Crippen molar-refractivity contribution in [2.75, 3.05) is 21.3 Å². The van der Waals surface area contributed by atoms with Gasteiger partial charge in [0.1, 0.15) is 23.0 Å². The van der Waals surface area contributed by atoms with Crippen molar-refractivity contribution in [2.45, 2.75) is 12.5 Å². The Morgan fingerprint density at radius 3 is 2.38 bits per heavy atom. The zero-order valence-electron chi connectivity index (χ0n) is 13.9. The first-order valence-electron chi connectivity index (χ1n) is 7.88. The molecule has 0 N–H and O–H groups in total. The Morgan fingerprint density at radius 2 is 1.71 bits per heavy atom. The van der Waals surface area contributed by atoms with Gasteiger partial charge in [-0.15, -0.1) is 0 Å². The van der Waals surface area contributed by atoms with Crippen LogP contribution in [0.5, 0.6) is 17.2 Å². The van der Waals surface area contributed by atoms with Crippen LogP contribution >= 0.6 is 0 Å². The second kappa shape index (κ2) is 5.74. The summed E-state index contributed by atoms with van der Waals surface area (Å²) in [4.78, 5) is 5.77. The number of benzene rings is 2. The lowest BCUT2D eigenvalue weighted by Crippen LogP contribution is -2.16. The van der Waals surface area contributed by atoms with Crippen molar-refractivity contribution in [3.8, 4) is 17.2 Å². The van der Waals surface area contributed by atoms with Crippen LogP contribution in [-0.4, -0.2) is 27.0 Å². The minimum absolute atomic E-state index is 0.0345. The van der Waals surface area contributed by atoms with Gasteiger partial charge in [0.2, 0.25) is 0 Å². The largest absolute Gasteiger partial charge is 0.496 e. The van der Waals surface area contributed by atoms with Gasteiger partial charge in [-0.2, -0.15) is 0 Å². The molecule has 24 heavy (non-hydrogen) atoms. The average Bonchev–Trinajstić information content (AvgIpc) is 3.19. The number of hydrogen-bond donors (Lipinski definition) is 0. The van der Waals surface area contributed by atoms with E-state index in [1.807, 2.05) is 18.2 Å². The smallest absolute Gasteiger partial charge is 0.161 e. The molecule has 2 aromatic carbocycles. The van der Waals surface area contributed by atoms with E-state index in [1.165, 1.54) is 11.1 Å². The van der Waals surface area contributed by atoms with Crippen LogP contribution in [0.15, 0.2) is 41.6 Å². The number of nitrogens with zero attached hydrogens (tertiary/aromatic N) is 1. The third kappa shape index (κ3) is 2.12. The van der Waals surface area contributed by atoms with Crippen molar-refractivity contribution in [1.82, 2.24) is 0 Å². The van der Waals surface area contributed by atoms with E-state index >= 15 is 0 Å². The van der Waals surface area contributed by atoms with Gasteiger partial charge in [0, 0.05) is 12.1 Å². The van der Waals surface area contributed by atoms with E-state index < -0.39 is 0 Å². The molecule has 2 unspecified atom stereocenters. The molecule has 0 fully saturated rings. The summed E-state index contributed by atoms with van der Waals surface area (Å²) in [5, 5.41) is 4.38.